The van der Waals surface area contributed by atoms with Crippen molar-refractivity contribution in [3.63, 3.8) is 0 Å². The van der Waals surface area contributed by atoms with Gasteiger partial charge in [0.2, 0.25) is 5.28 Å². The number of rotatable bonds is 4. The summed E-state index contributed by atoms with van der Waals surface area (Å²) in [6, 6.07) is 9.76. The van der Waals surface area contributed by atoms with Gasteiger partial charge in [0.1, 0.15) is 5.82 Å². The predicted octanol–water partition coefficient (Wildman–Crippen LogP) is 4.66. The number of halogens is 1. The Kier molecular flexibility index (Phi) is 4.44. The maximum Gasteiger partial charge on any atom is 0.224 e. The van der Waals surface area contributed by atoms with Crippen LogP contribution < -0.4 is 14.8 Å². The van der Waals surface area contributed by atoms with Gasteiger partial charge in [-0.3, -0.25) is 0 Å². The smallest absolute Gasteiger partial charge is 0.224 e. The molecule has 0 aliphatic heterocycles. The average Bonchev–Trinajstić information content (AvgIpc) is 2.57. The molecule has 0 bridgehead atoms. The van der Waals surface area contributed by atoms with Gasteiger partial charge in [-0.1, -0.05) is 6.07 Å². The van der Waals surface area contributed by atoms with Crippen LogP contribution in [-0.2, 0) is 0 Å². The predicted molar refractivity (Wildman–Crippen MR) is 96.9 cm³/mol. The van der Waals surface area contributed by atoms with Gasteiger partial charge in [-0.15, -0.1) is 0 Å². The standard InChI is InChI=1S/C18H18ClN3O2/c1-10-5-6-12(7-11(10)2)20-17-13-8-15(23-3)16(24-4)9-14(13)21-18(19)22-17/h5-9H,1-4H3,(H,20,21,22). The highest BCUT2D eigenvalue weighted by atomic mass is 35.5. The third-order valence-electron chi connectivity index (χ3n) is 3.94. The quantitative estimate of drug-likeness (QED) is 0.698. The molecule has 0 atom stereocenters. The molecule has 0 unspecified atom stereocenters. The number of fused-ring (bicyclic) bond motifs is 1. The largest absolute Gasteiger partial charge is 0.493 e. The highest BCUT2D eigenvalue weighted by Crippen LogP contribution is 2.35. The molecule has 24 heavy (non-hydrogen) atoms. The second-order valence-electron chi connectivity index (χ2n) is 5.49. The molecule has 0 aliphatic rings. The number of methoxy groups -OCH3 is 2. The van der Waals surface area contributed by atoms with Gasteiger partial charge >= 0.3 is 0 Å². The molecule has 0 amide bonds. The first-order valence-electron chi connectivity index (χ1n) is 7.45. The van der Waals surface area contributed by atoms with Crippen LogP contribution in [0.1, 0.15) is 11.1 Å². The summed E-state index contributed by atoms with van der Waals surface area (Å²) in [5, 5.41) is 4.28. The van der Waals surface area contributed by atoms with Crippen molar-refractivity contribution < 1.29 is 9.47 Å². The van der Waals surface area contributed by atoms with E-state index in [1.807, 2.05) is 12.1 Å². The fourth-order valence-corrected chi connectivity index (χ4v) is 2.65. The van der Waals surface area contributed by atoms with Crippen molar-refractivity contribution in [1.29, 1.82) is 0 Å². The van der Waals surface area contributed by atoms with Crippen LogP contribution in [0.4, 0.5) is 11.5 Å². The topological polar surface area (TPSA) is 56.3 Å². The van der Waals surface area contributed by atoms with Gasteiger partial charge in [0.05, 0.1) is 19.7 Å². The molecule has 1 N–H and O–H groups in total. The lowest BCUT2D eigenvalue weighted by molar-refractivity contribution is 0.356. The van der Waals surface area contributed by atoms with Crippen molar-refractivity contribution in [3.8, 4) is 11.5 Å². The molecule has 0 fully saturated rings. The van der Waals surface area contributed by atoms with E-state index >= 15 is 0 Å². The highest BCUT2D eigenvalue weighted by Gasteiger charge is 2.13. The van der Waals surface area contributed by atoms with E-state index in [-0.39, 0.29) is 5.28 Å². The van der Waals surface area contributed by atoms with E-state index in [0.29, 0.717) is 22.8 Å². The monoisotopic (exact) mass is 343 g/mol. The van der Waals surface area contributed by atoms with Crippen LogP contribution in [0.3, 0.4) is 0 Å². The van der Waals surface area contributed by atoms with E-state index in [0.717, 1.165) is 11.1 Å². The molecule has 0 radical (unpaired) electrons. The van der Waals surface area contributed by atoms with Crippen LogP contribution in [0, 0.1) is 13.8 Å². The molecule has 0 spiro atoms. The van der Waals surface area contributed by atoms with Crippen molar-refractivity contribution in [3.05, 3.63) is 46.7 Å². The Morgan fingerprint density at radius 3 is 2.29 bits per heavy atom. The van der Waals surface area contributed by atoms with Crippen LogP contribution in [0.15, 0.2) is 30.3 Å². The van der Waals surface area contributed by atoms with Gasteiger partial charge in [-0.05, 0) is 54.8 Å². The second kappa shape index (κ2) is 6.53. The number of hydrogen-bond acceptors (Lipinski definition) is 5. The van der Waals surface area contributed by atoms with Gasteiger partial charge in [0, 0.05) is 17.1 Å². The maximum absolute atomic E-state index is 6.08. The molecule has 0 aliphatic carbocycles. The molecule has 3 aromatic rings. The van der Waals surface area contributed by atoms with E-state index in [9.17, 15) is 0 Å². The van der Waals surface area contributed by atoms with Crippen LogP contribution in [-0.4, -0.2) is 24.2 Å². The molecule has 1 aromatic heterocycles. The molecule has 2 aromatic carbocycles. The summed E-state index contributed by atoms with van der Waals surface area (Å²) in [5.41, 5.74) is 4.05. The summed E-state index contributed by atoms with van der Waals surface area (Å²) in [6.07, 6.45) is 0. The van der Waals surface area contributed by atoms with Crippen LogP contribution in [0.2, 0.25) is 5.28 Å². The van der Waals surface area contributed by atoms with Crippen molar-refractivity contribution in [2.24, 2.45) is 0 Å². The lowest BCUT2D eigenvalue weighted by atomic mass is 10.1. The summed E-state index contributed by atoms with van der Waals surface area (Å²) in [6.45, 7) is 4.15. The first-order chi connectivity index (χ1) is 11.5. The van der Waals surface area contributed by atoms with Gasteiger partial charge in [-0.2, -0.15) is 4.98 Å². The minimum absolute atomic E-state index is 0.168. The number of hydrogen-bond donors (Lipinski definition) is 1. The van der Waals surface area contributed by atoms with E-state index in [4.69, 9.17) is 21.1 Å². The van der Waals surface area contributed by atoms with Crippen molar-refractivity contribution in [2.45, 2.75) is 13.8 Å². The lowest BCUT2D eigenvalue weighted by Gasteiger charge is -2.13. The SMILES string of the molecule is COc1cc2nc(Cl)nc(Nc3ccc(C)c(C)c3)c2cc1OC. The Morgan fingerprint density at radius 2 is 1.62 bits per heavy atom. The van der Waals surface area contributed by atoms with Gasteiger partial charge in [-0.25, -0.2) is 4.98 Å². The molecule has 3 rings (SSSR count). The second-order valence-corrected chi connectivity index (χ2v) is 5.83. The normalized spacial score (nSPS) is 10.7. The summed E-state index contributed by atoms with van der Waals surface area (Å²) in [4.78, 5) is 8.60. The van der Waals surface area contributed by atoms with Crippen molar-refractivity contribution in [1.82, 2.24) is 9.97 Å². The Morgan fingerprint density at radius 1 is 0.917 bits per heavy atom. The zero-order chi connectivity index (χ0) is 17.3. The minimum Gasteiger partial charge on any atom is -0.493 e. The first-order valence-corrected chi connectivity index (χ1v) is 7.83. The number of nitrogens with one attached hydrogen (secondary N) is 1. The molecule has 1 heterocycles. The number of aromatic nitrogens is 2. The summed E-state index contributed by atoms with van der Waals surface area (Å²) < 4.78 is 10.7. The molecular formula is C18H18ClN3O2. The van der Waals surface area contributed by atoms with E-state index in [1.54, 1.807) is 20.3 Å². The molecule has 5 nitrogen and oxygen atoms in total. The van der Waals surface area contributed by atoms with E-state index in [2.05, 4.69) is 41.3 Å². The number of anilines is 2. The number of benzene rings is 2. The average molecular weight is 344 g/mol. The Bertz CT molecular complexity index is 912. The van der Waals surface area contributed by atoms with Crippen LogP contribution in [0.5, 0.6) is 11.5 Å². The molecule has 124 valence electrons. The zero-order valence-corrected chi connectivity index (χ0v) is 14.7. The lowest BCUT2D eigenvalue weighted by Crippen LogP contribution is -1.99. The van der Waals surface area contributed by atoms with E-state index in [1.165, 1.54) is 11.1 Å². The first kappa shape index (κ1) is 16.3. The Hall–Kier alpha value is -2.53. The van der Waals surface area contributed by atoms with Gasteiger partial charge < -0.3 is 14.8 Å². The Balaban J connectivity index is 2.13. The van der Waals surface area contributed by atoms with Crippen LogP contribution in [0.25, 0.3) is 10.9 Å². The third-order valence-corrected chi connectivity index (χ3v) is 4.11. The highest BCUT2D eigenvalue weighted by molar-refractivity contribution is 6.28. The third kappa shape index (κ3) is 3.08. The summed E-state index contributed by atoms with van der Waals surface area (Å²) in [5.74, 6) is 1.82. The van der Waals surface area contributed by atoms with Crippen molar-refractivity contribution in [2.75, 3.05) is 19.5 Å². The molecular weight excluding hydrogens is 326 g/mol. The Labute approximate surface area is 145 Å². The molecule has 0 saturated heterocycles. The fourth-order valence-electron chi connectivity index (χ4n) is 2.48. The van der Waals surface area contributed by atoms with Gasteiger partial charge in [0.25, 0.3) is 0 Å². The number of aryl methyl sites for hydroxylation is 2. The molecule has 0 saturated carbocycles. The minimum atomic E-state index is 0.168. The maximum atomic E-state index is 6.08. The number of ether oxygens (including phenoxy) is 2. The number of nitrogens with zero attached hydrogens (tertiary/aromatic N) is 2. The van der Waals surface area contributed by atoms with Crippen LogP contribution >= 0.6 is 11.6 Å². The fraction of sp³-hybridized carbons (Fsp3) is 0.222. The zero-order valence-electron chi connectivity index (χ0n) is 14.0. The summed E-state index contributed by atoms with van der Waals surface area (Å²) in [7, 11) is 3.18. The van der Waals surface area contributed by atoms with E-state index < -0.39 is 0 Å². The van der Waals surface area contributed by atoms with Crippen molar-refractivity contribution >= 4 is 34.0 Å². The summed E-state index contributed by atoms with van der Waals surface area (Å²) >= 11 is 6.08. The van der Waals surface area contributed by atoms with Gasteiger partial charge in [0.15, 0.2) is 11.5 Å². The molecule has 6 heteroatoms.